The van der Waals surface area contributed by atoms with E-state index < -0.39 is 0 Å². The molecule has 1 aromatic heterocycles. The molecule has 2 aromatic carbocycles. The number of nitrogens with one attached hydrogen (secondary N) is 2. The van der Waals surface area contributed by atoms with Crippen LogP contribution in [-0.2, 0) is 0 Å². The number of anilines is 4. The zero-order valence-electron chi connectivity index (χ0n) is 16.6. The SMILES string of the molecule is Cc1ccc(Nc2cc(C(=O)Nc3ccc(N4CCCCC4)cc3)ncn2)cc1. The van der Waals surface area contributed by atoms with Gasteiger partial charge in [-0.2, -0.15) is 0 Å². The zero-order chi connectivity index (χ0) is 20.1. The predicted octanol–water partition coefficient (Wildman–Crippen LogP) is 4.77. The van der Waals surface area contributed by atoms with Crippen molar-refractivity contribution in [1.29, 1.82) is 0 Å². The Bertz CT molecular complexity index is 963. The van der Waals surface area contributed by atoms with Crippen LogP contribution in [0, 0.1) is 6.92 Å². The van der Waals surface area contributed by atoms with Crippen molar-refractivity contribution in [2.45, 2.75) is 26.2 Å². The maximum absolute atomic E-state index is 12.6. The highest BCUT2D eigenvalue weighted by molar-refractivity contribution is 6.03. The number of benzene rings is 2. The Labute approximate surface area is 171 Å². The molecule has 29 heavy (non-hydrogen) atoms. The molecule has 2 heterocycles. The molecule has 0 saturated carbocycles. The normalized spacial score (nSPS) is 13.8. The largest absolute Gasteiger partial charge is 0.372 e. The highest BCUT2D eigenvalue weighted by Gasteiger charge is 2.12. The van der Waals surface area contributed by atoms with Gasteiger partial charge >= 0.3 is 0 Å². The summed E-state index contributed by atoms with van der Waals surface area (Å²) in [6, 6.07) is 17.6. The van der Waals surface area contributed by atoms with Crippen LogP contribution in [0.2, 0.25) is 0 Å². The van der Waals surface area contributed by atoms with Crippen LogP contribution in [0.25, 0.3) is 0 Å². The topological polar surface area (TPSA) is 70.2 Å². The lowest BCUT2D eigenvalue weighted by Gasteiger charge is -2.28. The second kappa shape index (κ2) is 8.73. The standard InChI is InChI=1S/C23H25N5O/c1-17-5-7-18(8-6-17)26-22-15-21(24-16-25-22)23(29)27-19-9-11-20(12-10-19)28-13-3-2-4-14-28/h5-12,15-16H,2-4,13-14H2,1H3,(H,27,29)(H,24,25,26). The molecular formula is C23H25N5O. The molecule has 4 rings (SSSR count). The third kappa shape index (κ3) is 4.90. The van der Waals surface area contributed by atoms with E-state index in [4.69, 9.17) is 0 Å². The van der Waals surface area contributed by atoms with E-state index in [9.17, 15) is 4.79 Å². The van der Waals surface area contributed by atoms with Crippen LogP contribution >= 0.6 is 0 Å². The molecular weight excluding hydrogens is 362 g/mol. The van der Waals surface area contributed by atoms with Gasteiger partial charge in [0, 0.05) is 36.2 Å². The van der Waals surface area contributed by atoms with Crippen LogP contribution in [0.4, 0.5) is 22.9 Å². The molecule has 2 N–H and O–H groups in total. The van der Waals surface area contributed by atoms with Crippen molar-refractivity contribution in [3.8, 4) is 0 Å². The smallest absolute Gasteiger partial charge is 0.274 e. The number of hydrogen-bond donors (Lipinski definition) is 2. The number of carbonyl (C=O) groups is 1. The molecule has 0 atom stereocenters. The van der Waals surface area contributed by atoms with Gasteiger partial charge in [0.25, 0.3) is 5.91 Å². The van der Waals surface area contributed by atoms with Crippen molar-refractivity contribution < 1.29 is 4.79 Å². The average Bonchev–Trinajstić information content (AvgIpc) is 2.77. The summed E-state index contributed by atoms with van der Waals surface area (Å²) in [5, 5.41) is 6.11. The van der Waals surface area contributed by atoms with E-state index in [0.717, 1.165) is 24.5 Å². The Morgan fingerprint density at radius 1 is 0.897 bits per heavy atom. The van der Waals surface area contributed by atoms with E-state index in [1.807, 2.05) is 43.3 Å². The van der Waals surface area contributed by atoms with Gasteiger partial charge in [0.05, 0.1) is 0 Å². The summed E-state index contributed by atoms with van der Waals surface area (Å²) in [6.45, 7) is 4.24. The van der Waals surface area contributed by atoms with E-state index >= 15 is 0 Å². The molecule has 0 bridgehead atoms. The molecule has 0 radical (unpaired) electrons. The molecule has 0 unspecified atom stereocenters. The summed E-state index contributed by atoms with van der Waals surface area (Å²) in [6.07, 6.45) is 5.19. The first-order chi connectivity index (χ1) is 14.2. The second-order valence-electron chi connectivity index (χ2n) is 7.33. The quantitative estimate of drug-likeness (QED) is 0.660. The van der Waals surface area contributed by atoms with E-state index in [1.54, 1.807) is 6.07 Å². The van der Waals surface area contributed by atoms with Crippen molar-refractivity contribution in [2.75, 3.05) is 28.6 Å². The highest BCUT2D eigenvalue weighted by Crippen LogP contribution is 2.22. The van der Waals surface area contributed by atoms with Crippen LogP contribution in [-0.4, -0.2) is 29.0 Å². The number of aromatic nitrogens is 2. The van der Waals surface area contributed by atoms with Crippen molar-refractivity contribution in [3.63, 3.8) is 0 Å². The minimum Gasteiger partial charge on any atom is -0.372 e. The Balaban J connectivity index is 1.41. The van der Waals surface area contributed by atoms with Gasteiger partial charge in [-0.25, -0.2) is 9.97 Å². The molecule has 0 aliphatic carbocycles. The van der Waals surface area contributed by atoms with E-state index in [2.05, 4.69) is 37.6 Å². The van der Waals surface area contributed by atoms with Crippen LogP contribution in [0.5, 0.6) is 0 Å². The molecule has 148 valence electrons. The van der Waals surface area contributed by atoms with Crippen LogP contribution in [0.1, 0.15) is 35.3 Å². The van der Waals surface area contributed by atoms with Gasteiger partial charge in [0.15, 0.2) is 0 Å². The Morgan fingerprint density at radius 3 is 2.31 bits per heavy atom. The van der Waals surface area contributed by atoms with Gasteiger partial charge in [-0.3, -0.25) is 4.79 Å². The molecule has 1 aliphatic rings. The van der Waals surface area contributed by atoms with Gasteiger partial charge in [-0.05, 0) is 62.6 Å². The Morgan fingerprint density at radius 2 is 1.59 bits per heavy atom. The summed E-state index contributed by atoms with van der Waals surface area (Å²) in [7, 11) is 0. The lowest BCUT2D eigenvalue weighted by Crippen LogP contribution is -2.29. The highest BCUT2D eigenvalue weighted by atomic mass is 16.1. The first-order valence-corrected chi connectivity index (χ1v) is 9.99. The first-order valence-electron chi connectivity index (χ1n) is 9.99. The Kier molecular flexibility index (Phi) is 5.70. The van der Waals surface area contributed by atoms with E-state index in [-0.39, 0.29) is 5.91 Å². The second-order valence-corrected chi connectivity index (χ2v) is 7.33. The predicted molar refractivity (Wildman–Crippen MR) is 117 cm³/mol. The molecule has 0 spiro atoms. The molecule has 1 fully saturated rings. The molecule has 1 aliphatic heterocycles. The monoisotopic (exact) mass is 387 g/mol. The fourth-order valence-electron chi connectivity index (χ4n) is 3.44. The number of aryl methyl sites for hydroxylation is 1. The van der Waals surface area contributed by atoms with Gasteiger partial charge in [-0.1, -0.05) is 17.7 Å². The fraction of sp³-hybridized carbons (Fsp3) is 0.261. The summed E-state index contributed by atoms with van der Waals surface area (Å²) in [5.74, 6) is 0.319. The summed E-state index contributed by atoms with van der Waals surface area (Å²) in [4.78, 5) is 23.3. The number of rotatable bonds is 5. The summed E-state index contributed by atoms with van der Waals surface area (Å²) in [5.41, 5.74) is 4.37. The lowest BCUT2D eigenvalue weighted by molar-refractivity contribution is 0.102. The molecule has 6 nitrogen and oxygen atoms in total. The van der Waals surface area contributed by atoms with Gasteiger partial charge < -0.3 is 15.5 Å². The van der Waals surface area contributed by atoms with Crippen LogP contribution in [0.3, 0.4) is 0 Å². The number of carbonyl (C=O) groups excluding carboxylic acids is 1. The number of hydrogen-bond acceptors (Lipinski definition) is 5. The minimum absolute atomic E-state index is 0.259. The van der Waals surface area contributed by atoms with Crippen LogP contribution < -0.4 is 15.5 Å². The fourth-order valence-corrected chi connectivity index (χ4v) is 3.44. The first kappa shape index (κ1) is 18.9. The molecule has 6 heteroatoms. The van der Waals surface area contributed by atoms with Gasteiger partial charge in [0.1, 0.15) is 17.8 Å². The molecule has 1 amide bonds. The van der Waals surface area contributed by atoms with E-state index in [0.29, 0.717) is 11.5 Å². The molecule has 3 aromatic rings. The van der Waals surface area contributed by atoms with Crippen molar-refractivity contribution in [3.05, 3.63) is 72.2 Å². The third-order valence-corrected chi connectivity index (χ3v) is 5.07. The zero-order valence-corrected chi connectivity index (χ0v) is 16.6. The van der Waals surface area contributed by atoms with Crippen LogP contribution in [0.15, 0.2) is 60.9 Å². The number of amides is 1. The number of piperidine rings is 1. The molecule has 1 saturated heterocycles. The number of nitrogens with zero attached hydrogens (tertiary/aromatic N) is 3. The van der Waals surface area contributed by atoms with Crippen molar-refractivity contribution >= 4 is 28.8 Å². The van der Waals surface area contributed by atoms with Crippen molar-refractivity contribution in [2.24, 2.45) is 0 Å². The van der Waals surface area contributed by atoms with E-state index in [1.165, 1.54) is 36.8 Å². The van der Waals surface area contributed by atoms with Gasteiger partial charge in [-0.15, -0.1) is 0 Å². The Hall–Kier alpha value is -3.41. The minimum atomic E-state index is -0.259. The van der Waals surface area contributed by atoms with Crippen molar-refractivity contribution in [1.82, 2.24) is 9.97 Å². The average molecular weight is 387 g/mol. The maximum Gasteiger partial charge on any atom is 0.274 e. The van der Waals surface area contributed by atoms with Gasteiger partial charge in [0.2, 0.25) is 0 Å². The lowest BCUT2D eigenvalue weighted by atomic mass is 10.1. The maximum atomic E-state index is 12.6. The summed E-state index contributed by atoms with van der Waals surface area (Å²) >= 11 is 0. The third-order valence-electron chi connectivity index (χ3n) is 5.07. The summed E-state index contributed by atoms with van der Waals surface area (Å²) < 4.78 is 0.